The van der Waals surface area contributed by atoms with Gasteiger partial charge < -0.3 is 14.2 Å². The molecule has 0 heterocycles. The van der Waals surface area contributed by atoms with E-state index in [2.05, 4.69) is 0 Å². The number of ether oxygens (including phenoxy) is 3. The van der Waals surface area contributed by atoms with E-state index in [4.69, 9.17) is 14.2 Å². The molecule has 28 heavy (non-hydrogen) atoms. The fourth-order valence-corrected chi connectivity index (χ4v) is 3.45. The molecule has 0 aliphatic carbocycles. The molecule has 0 aromatic heterocycles. The fraction of sp³-hybridized carbons (Fsp3) is 0.864. The number of rotatable bonds is 8. The van der Waals surface area contributed by atoms with E-state index in [1.807, 2.05) is 27.7 Å². The highest BCUT2D eigenvalue weighted by Gasteiger charge is 2.41. The largest absolute Gasteiger partial charge is 0.469 e. The minimum Gasteiger partial charge on any atom is -0.469 e. The molecule has 0 N–H and O–H groups in total. The number of esters is 3. The Hall–Kier alpha value is -1.59. The van der Waals surface area contributed by atoms with E-state index in [-0.39, 0.29) is 24.2 Å². The summed E-state index contributed by atoms with van der Waals surface area (Å²) in [6.45, 7) is 18.5. The van der Waals surface area contributed by atoms with Crippen molar-refractivity contribution in [2.24, 2.45) is 16.7 Å². The zero-order chi connectivity index (χ0) is 22.6. The SMILES string of the molecule is COC(=O)CC(C)(C)CC(C)(C)CC(C(=O)OC(C)(C)C)C(=O)OC(C)(C)C. The lowest BCUT2D eigenvalue weighted by molar-refractivity contribution is -0.176. The molecule has 0 unspecified atom stereocenters. The Morgan fingerprint density at radius 1 is 0.714 bits per heavy atom. The maximum Gasteiger partial charge on any atom is 0.320 e. The third-order valence-electron chi connectivity index (χ3n) is 3.95. The van der Waals surface area contributed by atoms with Crippen LogP contribution in [0, 0.1) is 16.7 Å². The second kappa shape index (κ2) is 9.27. The van der Waals surface area contributed by atoms with Gasteiger partial charge in [0.1, 0.15) is 11.2 Å². The molecule has 0 rings (SSSR count). The molecule has 0 spiro atoms. The molecule has 0 aliphatic heterocycles. The predicted octanol–water partition coefficient (Wildman–Crippen LogP) is 4.68. The first kappa shape index (κ1) is 26.4. The summed E-state index contributed by atoms with van der Waals surface area (Å²) in [5, 5.41) is 0. The summed E-state index contributed by atoms with van der Waals surface area (Å²) in [5.74, 6) is -2.47. The molecular weight excluding hydrogens is 360 g/mol. The van der Waals surface area contributed by atoms with Gasteiger partial charge in [-0.3, -0.25) is 14.4 Å². The van der Waals surface area contributed by atoms with Crippen molar-refractivity contribution in [1.29, 1.82) is 0 Å². The maximum atomic E-state index is 12.8. The molecule has 6 heteroatoms. The maximum absolute atomic E-state index is 12.8. The van der Waals surface area contributed by atoms with Gasteiger partial charge in [0, 0.05) is 0 Å². The Morgan fingerprint density at radius 2 is 1.11 bits per heavy atom. The second-order valence-corrected chi connectivity index (χ2v) is 11.1. The molecule has 6 nitrogen and oxygen atoms in total. The number of hydrogen-bond donors (Lipinski definition) is 0. The molecule has 0 fully saturated rings. The topological polar surface area (TPSA) is 78.9 Å². The Morgan fingerprint density at radius 3 is 1.43 bits per heavy atom. The van der Waals surface area contributed by atoms with Crippen molar-refractivity contribution >= 4 is 17.9 Å². The Kier molecular flexibility index (Phi) is 8.75. The number of hydrogen-bond acceptors (Lipinski definition) is 6. The summed E-state index contributed by atoms with van der Waals surface area (Å²) in [6, 6.07) is 0. The van der Waals surface area contributed by atoms with Crippen LogP contribution in [0.4, 0.5) is 0 Å². The Bertz CT molecular complexity index is 533. The lowest BCUT2D eigenvalue weighted by Crippen LogP contribution is -2.40. The van der Waals surface area contributed by atoms with E-state index in [0.717, 1.165) is 0 Å². The summed E-state index contributed by atoms with van der Waals surface area (Å²) in [4.78, 5) is 37.2. The summed E-state index contributed by atoms with van der Waals surface area (Å²) in [7, 11) is 1.37. The minimum atomic E-state index is -1.03. The van der Waals surface area contributed by atoms with Gasteiger partial charge >= 0.3 is 17.9 Å². The Labute approximate surface area is 170 Å². The molecule has 0 amide bonds. The van der Waals surface area contributed by atoms with E-state index >= 15 is 0 Å². The zero-order valence-electron chi connectivity index (χ0n) is 19.6. The highest BCUT2D eigenvalue weighted by Crippen LogP contribution is 2.41. The van der Waals surface area contributed by atoms with Crippen LogP contribution in [0.5, 0.6) is 0 Å². The van der Waals surface area contributed by atoms with Crippen LogP contribution in [0.15, 0.2) is 0 Å². The third kappa shape index (κ3) is 11.3. The van der Waals surface area contributed by atoms with Crippen LogP contribution in [0.25, 0.3) is 0 Å². The zero-order valence-corrected chi connectivity index (χ0v) is 19.6. The van der Waals surface area contributed by atoms with Gasteiger partial charge in [-0.05, 0) is 65.2 Å². The molecule has 0 aliphatic rings. The standard InChI is InChI=1S/C22H40O6/c1-19(2,3)27-17(24)15(18(25)28-20(4,5)6)12-21(7,8)14-22(9,10)13-16(23)26-11/h15H,12-14H2,1-11H3. The van der Waals surface area contributed by atoms with Crippen LogP contribution >= 0.6 is 0 Å². The molecular formula is C22H40O6. The minimum absolute atomic E-state index is 0.260. The van der Waals surface area contributed by atoms with Crippen LogP contribution in [0.3, 0.4) is 0 Å². The van der Waals surface area contributed by atoms with Gasteiger partial charge in [-0.15, -0.1) is 0 Å². The van der Waals surface area contributed by atoms with Crippen molar-refractivity contribution in [3.63, 3.8) is 0 Å². The molecule has 0 bridgehead atoms. The lowest BCUT2D eigenvalue weighted by atomic mass is 9.69. The summed E-state index contributed by atoms with van der Waals surface area (Å²) >= 11 is 0. The fourth-order valence-electron chi connectivity index (χ4n) is 3.45. The molecule has 0 radical (unpaired) electrons. The highest BCUT2D eigenvalue weighted by molar-refractivity contribution is 5.95. The molecule has 0 saturated carbocycles. The lowest BCUT2D eigenvalue weighted by Gasteiger charge is -2.36. The first-order chi connectivity index (χ1) is 12.3. The summed E-state index contributed by atoms with van der Waals surface area (Å²) in [6.07, 6.45) is 1.15. The van der Waals surface area contributed by atoms with Crippen molar-refractivity contribution in [1.82, 2.24) is 0 Å². The van der Waals surface area contributed by atoms with E-state index in [0.29, 0.717) is 6.42 Å². The highest BCUT2D eigenvalue weighted by atomic mass is 16.6. The van der Waals surface area contributed by atoms with Crippen molar-refractivity contribution < 1.29 is 28.6 Å². The predicted molar refractivity (Wildman–Crippen MR) is 109 cm³/mol. The van der Waals surface area contributed by atoms with Crippen LogP contribution in [0.2, 0.25) is 0 Å². The average molecular weight is 401 g/mol. The quantitative estimate of drug-likeness (QED) is 0.334. The molecule has 0 saturated heterocycles. The van der Waals surface area contributed by atoms with E-state index in [1.165, 1.54) is 7.11 Å². The van der Waals surface area contributed by atoms with E-state index in [1.54, 1.807) is 41.5 Å². The monoisotopic (exact) mass is 400 g/mol. The smallest absolute Gasteiger partial charge is 0.320 e. The van der Waals surface area contributed by atoms with Crippen LogP contribution in [-0.4, -0.2) is 36.2 Å². The van der Waals surface area contributed by atoms with Gasteiger partial charge in [-0.1, -0.05) is 27.7 Å². The van der Waals surface area contributed by atoms with Gasteiger partial charge in [0.15, 0.2) is 5.92 Å². The van der Waals surface area contributed by atoms with Gasteiger partial charge in [-0.25, -0.2) is 0 Å². The molecule has 0 aromatic rings. The van der Waals surface area contributed by atoms with Gasteiger partial charge in [-0.2, -0.15) is 0 Å². The molecule has 164 valence electrons. The first-order valence-electron chi connectivity index (χ1n) is 9.79. The first-order valence-corrected chi connectivity index (χ1v) is 9.79. The van der Waals surface area contributed by atoms with Crippen molar-refractivity contribution in [3.05, 3.63) is 0 Å². The number of methoxy groups -OCH3 is 1. The van der Waals surface area contributed by atoms with E-state index < -0.39 is 34.5 Å². The van der Waals surface area contributed by atoms with Gasteiger partial charge in [0.05, 0.1) is 13.5 Å². The van der Waals surface area contributed by atoms with Crippen LogP contribution in [0.1, 0.15) is 88.5 Å². The summed E-state index contributed by atoms with van der Waals surface area (Å²) < 4.78 is 15.7. The average Bonchev–Trinajstić information content (AvgIpc) is 2.38. The molecule has 0 aromatic carbocycles. The van der Waals surface area contributed by atoms with Gasteiger partial charge in [0.25, 0.3) is 0 Å². The van der Waals surface area contributed by atoms with Crippen LogP contribution < -0.4 is 0 Å². The van der Waals surface area contributed by atoms with E-state index in [9.17, 15) is 14.4 Å². The number of carbonyl (C=O) groups excluding carboxylic acids is 3. The van der Waals surface area contributed by atoms with Crippen molar-refractivity contribution in [3.8, 4) is 0 Å². The molecule has 0 atom stereocenters. The van der Waals surface area contributed by atoms with Crippen LogP contribution in [-0.2, 0) is 28.6 Å². The number of carbonyl (C=O) groups is 3. The third-order valence-corrected chi connectivity index (χ3v) is 3.95. The Balaban J connectivity index is 5.51. The van der Waals surface area contributed by atoms with Crippen molar-refractivity contribution in [2.75, 3.05) is 7.11 Å². The second-order valence-electron chi connectivity index (χ2n) is 11.1. The summed E-state index contributed by atoms with van der Waals surface area (Å²) in [5.41, 5.74) is -2.16. The van der Waals surface area contributed by atoms with Gasteiger partial charge in [0.2, 0.25) is 0 Å². The van der Waals surface area contributed by atoms with Crippen molar-refractivity contribution in [2.45, 2.75) is 99.7 Å². The normalized spacial score (nSPS) is 13.3.